The molecule has 0 bridgehead atoms. The summed E-state index contributed by atoms with van der Waals surface area (Å²) >= 11 is 3.63. The molecule has 3 unspecified atom stereocenters. The molecule has 14 heteroatoms. The number of benzene rings is 1. The van der Waals surface area contributed by atoms with Crippen LogP contribution in [0.1, 0.15) is 51.1 Å². The zero-order chi connectivity index (χ0) is 32.3. The van der Waals surface area contributed by atoms with E-state index >= 15 is 0 Å². The Morgan fingerprint density at radius 3 is 2.69 bits per heavy atom. The summed E-state index contributed by atoms with van der Waals surface area (Å²) in [4.78, 5) is 39.1. The lowest BCUT2D eigenvalue weighted by molar-refractivity contribution is -0.146. The molecular weight excluding hydrogens is 648 g/mol. The van der Waals surface area contributed by atoms with Gasteiger partial charge in [-0.3, -0.25) is 19.0 Å². The van der Waals surface area contributed by atoms with Gasteiger partial charge in [0.25, 0.3) is 0 Å². The number of esters is 1. The SMILES string of the molecule is COC(=O)C1CCCN1CC1COC(c2nc(Br)c3c(NCc4ccc(OC)cc4OC)nccn23)CN1C(=O)OC(C)(C)C. The summed E-state index contributed by atoms with van der Waals surface area (Å²) in [7, 11) is 4.64. The number of fused-ring (bicyclic) bond motifs is 1. The van der Waals surface area contributed by atoms with Crippen molar-refractivity contribution in [1.82, 2.24) is 24.2 Å². The summed E-state index contributed by atoms with van der Waals surface area (Å²) in [5.41, 5.74) is 0.979. The number of anilines is 1. The van der Waals surface area contributed by atoms with Crippen LogP contribution in [0, 0.1) is 0 Å². The Morgan fingerprint density at radius 1 is 1.18 bits per heavy atom. The number of nitrogens with zero attached hydrogens (tertiary/aromatic N) is 5. The molecule has 4 heterocycles. The molecule has 0 radical (unpaired) electrons. The van der Waals surface area contributed by atoms with Crippen molar-refractivity contribution >= 4 is 39.3 Å². The average Bonchev–Trinajstić information content (AvgIpc) is 3.63. The average molecular weight is 690 g/mol. The highest BCUT2D eigenvalue weighted by Gasteiger charge is 2.41. The fourth-order valence-electron chi connectivity index (χ4n) is 5.82. The van der Waals surface area contributed by atoms with E-state index in [9.17, 15) is 9.59 Å². The number of imidazole rings is 1. The predicted octanol–water partition coefficient (Wildman–Crippen LogP) is 4.44. The molecule has 0 aliphatic carbocycles. The molecule has 2 saturated heterocycles. The van der Waals surface area contributed by atoms with Crippen molar-refractivity contribution in [3.05, 3.63) is 46.6 Å². The summed E-state index contributed by atoms with van der Waals surface area (Å²) in [6, 6.07) is 4.99. The Labute approximate surface area is 271 Å². The van der Waals surface area contributed by atoms with Gasteiger partial charge in [0.05, 0.1) is 40.5 Å². The Kier molecular flexibility index (Phi) is 10.0. The first-order chi connectivity index (χ1) is 21.5. The van der Waals surface area contributed by atoms with Crippen LogP contribution in [0.2, 0.25) is 0 Å². The maximum absolute atomic E-state index is 13.5. The van der Waals surface area contributed by atoms with Crippen LogP contribution in [-0.4, -0.2) is 101 Å². The minimum Gasteiger partial charge on any atom is -0.497 e. The highest BCUT2D eigenvalue weighted by molar-refractivity contribution is 9.10. The molecule has 2 aliphatic heterocycles. The third-order valence-corrected chi connectivity index (χ3v) is 8.52. The number of aromatic nitrogens is 3. The van der Waals surface area contributed by atoms with Crippen LogP contribution in [0.5, 0.6) is 11.5 Å². The largest absolute Gasteiger partial charge is 0.497 e. The van der Waals surface area contributed by atoms with E-state index in [0.29, 0.717) is 40.8 Å². The molecule has 0 saturated carbocycles. The van der Waals surface area contributed by atoms with E-state index in [1.54, 1.807) is 25.3 Å². The van der Waals surface area contributed by atoms with E-state index in [0.717, 1.165) is 30.5 Å². The molecule has 45 heavy (non-hydrogen) atoms. The molecule has 2 aliphatic rings. The van der Waals surface area contributed by atoms with Gasteiger partial charge in [0.2, 0.25) is 0 Å². The summed E-state index contributed by atoms with van der Waals surface area (Å²) < 4.78 is 30.6. The number of morpholine rings is 1. The molecular formula is C31H41BrN6O7. The Bertz CT molecular complexity index is 1530. The Balaban J connectivity index is 1.39. The van der Waals surface area contributed by atoms with E-state index in [1.807, 2.05) is 49.6 Å². The molecule has 3 aromatic rings. The fourth-order valence-corrected chi connectivity index (χ4v) is 6.38. The number of hydrogen-bond acceptors (Lipinski definition) is 11. The molecule has 0 spiro atoms. The van der Waals surface area contributed by atoms with E-state index in [1.165, 1.54) is 7.11 Å². The smallest absolute Gasteiger partial charge is 0.410 e. The van der Waals surface area contributed by atoms with Crippen molar-refractivity contribution in [2.24, 2.45) is 0 Å². The Hall–Kier alpha value is -3.62. The van der Waals surface area contributed by atoms with Crippen LogP contribution < -0.4 is 14.8 Å². The molecule has 5 rings (SSSR count). The van der Waals surface area contributed by atoms with Crippen molar-refractivity contribution in [2.45, 2.75) is 63.9 Å². The van der Waals surface area contributed by atoms with Gasteiger partial charge < -0.3 is 29.0 Å². The van der Waals surface area contributed by atoms with E-state index < -0.39 is 17.8 Å². The van der Waals surface area contributed by atoms with Gasteiger partial charge in [0, 0.05) is 37.1 Å². The first-order valence-corrected chi connectivity index (χ1v) is 15.7. The summed E-state index contributed by atoms with van der Waals surface area (Å²) in [5.74, 6) is 2.37. The second-order valence-corrected chi connectivity index (χ2v) is 12.8. The molecule has 13 nitrogen and oxygen atoms in total. The second kappa shape index (κ2) is 13.8. The molecule has 2 aromatic heterocycles. The third-order valence-electron chi connectivity index (χ3n) is 7.97. The lowest BCUT2D eigenvalue weighted by atomic mass is 10.1. The fraction of sp³-hybridized carbons (Fsp3) is 0.548. The molecule has 1 N–H and O–H groups in total. The lowest BCUT2D eigenvalue weighted by Crippen LogP contribution is -2.56. The zero-order valence-electron chi connectivity index (χ0n) is 26.5. The van der Waals surface area contributed by atoms with Gasteiger partial charge in [0.1, 0.15) is 45.2 Å². The van der Waals surface area contributed by atoms with Crippen LogP contribution in [0.3, 0.4) is 0 Å². The van der Waals surface area contributed by atoms with Crippen LogP contribution in [0.15, 0.2) is 35.2 Å². The van der Waals surface area contributed by atoms with Gasteiger partial charge in [-0.25, -0.2) is 14.8 Å². The molecule has 2 fully saturated rings. The van der Waals surface area contributed by atoms with Gasteiger partial charge >= 0.3 is 12.1 Å². The number of methoxy groups -OCH3 is 3. The molecule has 3 atom stereocenters. The minimum absolute atomic E-state index is 0.218. The number of carbonyl (C=O) groups excluding carboxylic acids is 2. The standard InChI is InChI=1S/C31H41BrN6O7/c1-31(2,3)45-30(40)38-17-24(44-18-20(38)16-36-12-7-8-22(36)29(39)43-6)28-35-26(32)25-27(33-11-13-37(25)28)34-15-19-9-10-21(41-4)14-23(19)42-5/h9-11,13-14,20,22,24H,7-8,12,15-18H2,1-6H3,(H,33,34). The van der Waals surface area contributed by atoms with Crippen molar-refractivity contribution in [3.8, 4) is 11.5 Å². The van der Waals surface area contributed by atoms with Crippen LogP contribution >= 0.6 is 15.9 Å². The summed E-state index contributed by atoms with van der Waals surface area (Å²) in [6.07, 6.45) is 4.13. The number of ether oxygens (including phenoxy) is 5. The number of amides is 1. The van der Waals surface area contributed by atoms with Crippen LogP contribution in [0.4, 0.5) is 10.6 Å². The van der Waals surface area contributed by atoms with Crippen LogP contribution in [-0.2, 0) is 25.5 Å². The summed E-state index contributed by atoms with van der Waals surface area (Å²) in [5, 5.41) is 3.40. The number of likely N-dealkylation sites (tertiary alicyclic amines) is 1. The van der Waals surface area contributed by atoms with Crippen molar-refractivity contribution in [2.75, 3.05) is 52.9 Å². The van der Waals surface area contributed by atoms with Gasteiger partial charge in [-0.2, -0.15) is 0 Å². The number of rotatable bonds is 9. The maximum Gasteiger partial charge on any atom is 0.410 e. The van der Waals surface area contributed by atoms with Crippen LogP contribution in [0.25, 0.3) is 5.52 Å². The number of carbonyl (C=O) groups is 2. The Morgan fingerprint density at radius 2 is 1.98 bits per heavy atom. The topological polar surface area (TPSA) is 129 Å². The quantitative estimate of drug-likeness (QED) is 0.321. The van der Waals surface area contributed by atoms with Crippen molar-refractivity contribution in [1.29, 1.82) is 0 Å². The lowest BCUT2D eigenvalue weighted by Gasteiger charge is -2.41. The monoisotopic (exact) mass is 688 g/mol. The summed E-state index contributed by atoms with van der Waals surface area (Å²) in [6.45, 7) is 7.64. The number of halogens is 1. The first-order valence-electron chi connectivity index (χ1n) is 14.9. The van der Waals surface area contributed by atoms with Gasteiger partial charge in [-0.05, 0) is 68.2 Å². The third kappa shape index (κ3) is 7.28. The van der Waals surface area contributed by atoms with E-state index in [2.05, 4.69) is 31.1 Å². The molecule has 1 amide bonds. The van der Waals surface area contributed by atoms with Crippen molar-refractivity contribution in [3.63, 3.8) is 0 Å². The second-order valence-electron chi connectivity index (χ2n) is 12.1. The van der Waals surface area contributed by atoms with Crippen molar-refractivity contribution < 1.29 is 33.3 Å². The maximum atomic E-state index is 13.5. The highest BCUT2D eigenvalue weighted by atomic mass is 79.9. The molecule has 1 aromatic carbocycles. The van der Waals surface area contributed by atoms with E-state index in [-0.39, 0.29) is 31.2 Å². The van der Waals surface area contributed by atoms with E-state index in [4.69, 9.17) is 28.7 Å². The van der Waals surface area contributed by atoms with Gasteiger partial charge in [0.15, 0.2) is 5.82 Å². The molecule has 244 valence electrons. The normalized spacial score (nSPS) is 20.7. The number of nitrogens with one attached hydrogen (secondary N) is 1. The first kappa shape index (κ1) is 32.8. The number of hydrogen-bond donors (Lipinski definition) is 1. The zero-order valence-corrected chi connectivity index (χ0v) is 28.1. The van der Waals surface area contributed by atoms with Gasteiger partial charge in [-0.1, -0.05) is 0 Å². The predicted molar refractivity (Wildman–Crippen MR) is 170 cm³/mol. The minimum atomic E-state index is -0.681. The highest BCUT2D eigenvalue weighted by Crippen LogP contribution is 2.33. The van der Waals surface area contributed by atoms with Gasteiger partial charge in [-0.15, -0.1) is 0 Å².